The molecule has 2 aromatic carbocycles. The van der Waals surface area contributed by atoms with Gasteiger partial charge < -0.3 is 29.7 Å². The van der Waals surface area contributed by atoms with Crippen LogP contribution in [0.2, 0.25) is 0 Å². The molecule has 0 bridgehead atoms. The first kappa shape index (κ1) is 35.3. The molecule has 54 heavy (non-hydrogen) atoms. The number of carbonyl (C=O) groups is 3. The van der Waals surface area contributed by atoms with E-state index in [-0.39, 0.29) is 18.2 Å². The maximum absolute atomic E-state index is 13.4. The highest BCUT2D eigenvalue weighted by Gasteiger charge is 2.28. The van der Waals surface area contributed by atoms with Crippen molar-refractivity contribution in [2.45, 2.75) is 57.0 Å². The summed E-state index contributed by atoms with van der Waals surface area (Å²) in [5.74, 6) is 1.22. The van der Waals surface area contributed by atoms with Gasteiger partial charge in [-0.25, -0.2) is 4.98 Å². The normalized spacial score (nSPS) is 18.3. The van der Waals surface area contributed by atoms with Crippen LogP contribution in [0.4, 0.5) is 11.5 Å². The van der Waals surface area contributed by atoms with Gasteiger partial charge in [0.15, 0.2) is 11.5 Å². The van der Waals surface area contributed by atoms with E-state index in [1.165, 1.54) is 0 Å². The van der Waals surface area contributed by atoms with Crippen molar-refractivity contribution < 1.29 is 19.1 Å². The lowest BCUT2D eigenvalue weighted by Gasteiger charge is -2.37. The zero-order valence-corrected chi connectivity index (χ0v) is 30.7. The van der Waals surface area contributed by atoms with Gasteiger partial charge in [-0.2, -0.15) is 14.7 Å². The molecule has 5 heterocycles. The Morgan fingerprint density at radius 1 is 1.02 bits per heavy atom. The summed E-state index contributed by atoms with van der Waals surface area (Å²) in [6.45, 7) is 3.58. The number of hydrogen-bond acceptors (Lipinski definition) is 8. The van der Waals surface area contributed by atoms with Gasteiger partial charge in [0.2, 0.25) is 12.3 Å². The predicted octanol–water partition coefficient (Wildman–Crippen LogP) is 5.46. The van der Waals surface area contributed by atoms with Crippen molar-refractivity contribution in [2.24, 2.45) is 5.92 Å². The van der Waals surface area contributed by atoms with Gasteiger partial charge >= 0.3 is 0 Å². The van der Waals surface area contributed by atoms with Crippen LogP contribution in [0.5, 0.6) is 5.75 Å². The van der Waals surface area contributed by atoms with E-state index in [0.717, 1.165) is 92.1 Å². The number of piperidine rings is 1. The minimum Gasteiger partial charge on any atom is -0.496 e. The van der Waals surface area contributed by atoms with E-state index in [1.54, 1.807) is 42.0 Å². The van der Waals surface area contributed by atoms with Gasteiger partial charge in [-0.1, -0.05) is 6.07 Å². The smallest absolute Gasteiger partial charge is 0.260 e. The SMILES string of the molecule is CNC(=O)CCN(C=O)c1cccc2c1ccn2C1CCN(CC2CCC(n3cc4cc(C(=O)Nc5cnc6cccnn56)c(OC)cc4n3)CC2)CC1. The van der Waals surface area contributed by atoms with E-state index in [1.807, 2.05) is 30.3 Å². The number of amides is 3. The molecular formula is C40H46N10O4. The lowest BCUT2D eigenvalue weighted by Crippen LogP contribution is -2.38. The standard InChI is InChI=1S/C40H46N10O4/c1-41-39(52)15-19-47(26-51)34-5-3-6-35-31(34)14-20-48(35)29-12-17-46(18-13-29)24-27-8-10-30(11-9-27)49-25-28-21-32(36(54-2)22-33(28)45-49)40(53)44-38-23-42-37-7-4-16-43-50(37)38/h3-7,14,16,20-23,25-27,29-30H,8-13,15,17-19,24H2,1-2H3,(H,41,52)(H,44,53). The van der Waals surface area contributed by atoms with E-state index in [0.29, 0.717) is 47.3 Å². The molecule has 3 amide bonds. The molecule has 14 heteroatoms. The zero-order chi connectivity index (χ0) is 37.2. The number of rotatable bonds is 12. The lowest BCUT2D eigenvalue weighted by molar-refractivity contribution is -0.120. The molecule has 1 saturated carbocycles. The van der Waals surface area contributed by atoms with Gasteiger partial charge in [-0.15, -0.1) is 0 Å². The van der Waals surface area contributed by atoms with Crippen LogP contribution in [0.3, 0.4) is 0 Å². The second-order valence-electron chi connectivity index (χ2n) is 14.5. The molecule has 280 valence electrons. The number of hydrogen-bond donors (Lipinski definition) is 2. The number of ether oxygens (including phenoxy) is 1. The molecule has 8 rings (SSSR count). The summed E-state index contributed by atoms with van der Waals surface area (Å²) in [5, 5.41) is 16.7. The summed E-state index contributed by atoms with van der Waals surface area (Å²) < 4.78 is 11.7. The highest BCUT2D eigenvalue weighted by molar-refractivity contribution is 6.08. The molecule has 1 saturated heterocycles. The molecule has 0 radical (unpaired) electrons. The Labute approximate surface area is 313 Å². The van der Waals surface area contributed by atoms with Crippen molar-refractivity contribution in [3.8, 4) is 5.75 Å². The molecule has 0 spiro atoms. The van der Waals surface area contributed by atoms with Crippen molar-refractivity contribution in [3.05, 3.63) is 78.9 Å². The van der Waals surface area contributed by atoms with E-state index in [9.17, 15) is 14.4 Å². The number of fused-ring (bicyclic) bond motifs is 3. The number of aromatic nitrogens is 6. The van der Waals surface area contributed by atoms with Crippen molar-refractivity contribution in [1.29, 1.82) is 0 Å². The number of carbonyl (C=O) groups excluding carboxylic acids is 3. The van der Waals surface area contributed by atoms with Crippen molar-refractivity contribution in [1.82, 2.24) is 39.2 Å². The molecule has 14 nitrogen and oxygen atoms in total. The second kappa shape index (κ2) is 15.3. The van der Waals surface area contributed by atoms with Crippen molar-refractivity contribution >= 4 is 57.2 Å². The van der Waals surface area contributed by atoms with Crippen LogP contribution in [0.15, 0.2) is 73.3 Å². The van der Waals surface area contributed by atoms with Crippen LogP contribution in [-0.2, 0) is 9.59 Å². The van der Waals surface area contributed by atoms with E-state index < -0.39 is 0 Å². The first-order valence-corrected chi connectivity index (χ1v) is 18.8. The fourth-order valence-electron chi connectivity index (χ4n) is 8.36. The van der Waals surface area contributed by atoms with Crippen LogP contribution in [0.1, 0.15) is 67.4 Å². The van der Waals surface area contributed by atoms with Crippen LogP contribution in [0, 0.1) is 5.92 Å². The lowest BCUT2D eigenvalue weighted by atomic mass is 9.85. The summed E-state index contributed by atoms with van der Waals surface area (Å²) >= 11 is 0. The highest BCUT2D eigenvalue weighted by atomic mass is 16.5. The number of benzene rings is 2. The van der Waals surface area contributed by atoms with Crippen molar-refractivity contribution in [2.75, 3.05) is 50.6 Å². The summed E-state index contributed by atoms with van der Waals surface area (Å²) in [6.07, 6.45) is 15.1. The van der Waals surface area contributed by atoms with Gasteiger partial charge in [0.1, 0.15) is 5.75 Å². The third-order valence-corrected chi connectivity index (χ3v) is 11.3. The molecule has 2 N–H and O–H groups in total. The second-order valence-corrected chi connectivity index (χ2v) is 14.5. The van der Waals surface area contributed by atoms with E-state index in [2.05, 4.69) is 59.4 Å². The molecular weight excluding hydrogens is 685 g/mol. The topological polar surface area (TPSA) is 144 Å². The Morgan fingerprint density at radius 3 is 2.63 bits per heavy atom. The van der Waals surface area contributed by atoms with E-state index in [4.69, 9.17) is 9.84 Å². The number of imidazole rings is 1. The minimum atomic E-state index is -0.300. The Hall–Kier alpha value is -5.76. The Balaban J connectivity index is 0.857. The largest absolute Gasteiger partial charge is 0.496 e. The first-order chi connectivity index (χ1) is 26.4. The van der Waals surface area contributed by atoms with Gasteiger partial charge in [-0.05, 0) is 80.8 Å². The Morgan fingerprint density at radius 2 is 1.85 bits per heavy atom. The maximum Gasteiger partial charge on any atom is 0.260 e. The number of nitrogens with zero attached hydrogens (tertiary/aromatic N) is 8. The summed E-state index contributed by atoms with van der Waals surface area (Å²) in [4.78, 5) is 45.8. The van der Waals surface area contributed by atoms with Crippen LogP contribution in [0.25, 0.3) is 27.5 Å². The molecule has 6 aromatic rings. The third-order valence-electron chi connectivity index (χ3n) is 11.3. The van der Waals surface area contributed by atoms with Crippen LogP contribution < -0.4 is 20.3 Å². The fourth-order valence-corrected chi connectivity index (χ4v) is 8.36. The van der Waals surface area contributed by atoms with Crippen molar-refractivity contribution in [3.63, 3.8) is 0 Å². The number of likely N-dealkylation sites (tertiary alicyclic amines) is 1. The molecule has 2 fully saturated rings. The average molecular weight is 731 g/mol. The quantitative estimate of drug-likeness (QED) is 0.158. The van der Waals surface area contributed by atoms with Gasteiger partial charge in [0.05, 0.1) is 41.6 Å². The zero-order valence-electron chi connectivity index (χ0n) is 30.7. The fraction of sp³-hybridized carbons (Fsp3) is 0.400. The highest BCUT2D eigenvalue weighted by Crippen LogP contribution is 2.36. The predicted molar refractivity (Wildman–Crippen MR) is 207 cm³/mol. The Kier molecular flexibility index (Phi) is 10.00. The average Bonchev–Trinajstić information content (AvgIpc) is 3.95. The summed E-state index contributed by atoms with van der Waals surface area (Å²) in [5.41, 5.74) is 3.85. The number of anilines is 2. The third kappa shape index (κ3) is 7.00. The minimum absolute atomic E-state index is 0.0859. The Bertz CT molecular complexity index is 2290. The van der Waals surface area contributed by atoms with Crippen LogP contribution in [-0.4, -0.2) is 92.4 Å². The summed E-state index contributed by atoms with van der Waals surface area (Å²) in [7, 11) is 3.17. The first-order valence-electron chi connectivity index (χ1n) is 18.8. The van der Waals surface area contributed by atoms with Gasteiger partial charge in [0.25, 0.3) is 5.91 Å². The monoisotopic (exact) mass is 730 g/mol. The molecule has 0 atom stereocenters. The molecule has 2 aliphatic rings. The van der Waals surface area contributed by atoms with E-state index >= 15 is 0 Å². The molecule has 4 aromatic heterocycles. The number of methoxy groups -OCH3 is 1. The summed E-state index contributed by atoms with van der Waals surface area (Å²) in [6, 6.07) is 16.2. The van der Waals surface area contributed by atoms with Gasteiger partial charge in [0, 0.05) is 81.1 Å². The maximum atomic E-state index is 13.4. The van der Waals surface area contributed by atoms with Gasteiger partial charge in [-0.3, -0.25) is 19.1 Å². The number of nitrogens with one attached hydrogen (secondary N) is 2. The molecule has 1 aliphatic heterocycles. The van der Waals surface area contributed by atoms with Crippen LogP contribution >= 0.6 is 0 Å². The molecule has 0 unspecified atom stereocenters. The molecule has 1 aliphatic carbocycles.